The van der Waals surface area contributed by atoms with Gasteiger partial charge in [-0.05, 0) is 154 Å². The number of nitrogens with zero attached hydrogens (tertiary/aromatic N) is 3. The van der Waals surface area contributed by atoms with Crippen molar-refractivity contribution in [1.82, 2.24) is 15.0 Å². The van der Waals surface area contributed by atoms with Gasteiger partial charge in [-0.15, -0.1) is 18.4 Å². The minimum atomic E-state index is -0.990. The van der Waals surface area contributed by atoms with Gasteiger partial charge in [0.25, 0.3) is 0 Å². The van der Waals surface area contributed by atoms with E-state index in [1.807, 2.05) is 12.1 Å². The summed E-state index contributed by atoms with van der Waals surface area (Å²) in [5.74, 6) is 17.4. The van der Waals surface area contributed by atoms with E-state index in [9.17, 15) is 4.79 Å². The van der Waals surface area contributed by atoms with Crippen molar-refractivity contribution in [2.24, 2.45) is 0 Å². The van der Waals surface area contributed by atoms with Crippen molar-refractivity contribution >= 4 is 5.97 Å². The molecule has 311 valence electrons. The molecule has 1 N–H and O–H groups in total. The molecular formula is C53H62IrN3O2-. The zero-order chi connectivity index (χ0) is 41.4. The molecule has 0 aliphatic carbocycles. The number of aromatic carboxylic acids is 1. The first-order chi connectivity index (χ1) is 28.3. The molecule has 6 heteroatoms. The second kappa shape index (κ2) is 25.4. The molecule has 0 aliphatic rings. The van der Waals surface area contributed by atoms with E-state index in [0.717, 1.165) is 0 Å². The van der Waals surface area contributed by atoms with Crippen LogP contribution < -0.4 is 0 Å². The van der Waals surface area contributed by atoms with Gasteiger partial charge < -0.3 is 5.11 Å². The Labute approximate surface area is 379 Å². The van der Waals surface area contributed by atoms with E-state index in [2.05, 4.69) is 186 Å². The summed E-state index contributed by atoms with van der Waals surface area (Å²) in [6.07, 6.45) is 15.9. The number of aryl methyl sites for hydroxylation is 2. The molecule has 7 rings (SSSR count). The van der Waals surface area contributed by atoms with Crippen LogP contribution in [-0.2, 0) is 20.1 Å². The van der Waals surface area contributed by atoms with Gasteiger partial charge in [0.15, 0.2) is 0 Å². The maximum Gasteiger partial charge on any atom is 0.354 e. The van der Waals surface area contributed by atoms with E-state index in [0.29, 0.717) is 0 Å². The van der Waals surface area contributed by atoms with Crippen LogP contribution in [0.2, 0.25) is 0 Å². The summed E-state index contributed by atoms with van der Waals surface area (Å²) in [5.41, 5.74) is 14.1. The summed E-state index contributed by atoms with van der Waals surface area (Å²) in [6, 6.07) is 48.7. The Morgan fingerprint density at radius 2 is 1.02 bits per heavy atom. The number of aromatic nitrogens is 3. The molecule has 0 saturated heterocycles. The molecule has 2 aromatic heterocycles. The van der Waals surface area contributed by atoms with Gasteiger partial charge in [0.2, 0.25) is 0 Å². The summed E-state index contributed by atoms with van der Waals surface area (Å²) in [6.45, 7) is 6.67. The van der Waals surface area contributed by atoms with Crippen LogP contribution in [0.25, 0.3) is 44.5 Å². The van der Waals surface area contributed by atoms with Gasteiger partial charge in [-0.3, -0.25) is 0 Å². The predicted octanol–water partition coefficient (Wildman–Crippen LogP) is 13.5. The first-order valence-corrected chi connectivity index (χ1v) is 17.9. The van der Waals surface area contributed by atoms with Crippen molar-refractivity contribution in [2.45, 2.75) is 20.8 Å². The summed E-state index contributed by atoms with van der Waals surface area (Å²) >= 11 is 0. The normalized spacial score (nSPS) is 8.83. The standard InChI is InChI=1S/C33H27.C10H2.C6H5NO2.C4H4N2.Ir.12H2/c1-23-20-31(24(2)19-30(23)26-13-7-4-8-14-26)29-21-32(27-15-9-5-10-16-27)25(3)33(22-29)28-17-11-6-12-18-28;1-3-5-7-9-10-8-6-4-2;8-6(9)5-3-1-2-4-7-5;1-2-5-4-6-3-1;;;;;;;;;;;;;/h5-22H,1-3H3;1-2H;1-4H,(H,8,9);1-4H;;12*1H/q-1;;;;;;;;;;;;;;;;. The molecule has 0 saturated carbocycles. The first-order valence-electron chi connectivity index (χ1n) is 17.9. The van der Waals surface area contributed by atoms with Crippen LogP contribution in [0, 0.1) is 87.0 Å². The van der Waals surface area contributed by atoms with Crippen LogP contribution in [0.3, 0.4) is 0 Å². The molecule has 2 heterocycles. The summed E-state index contributed by atoms with van der Waals surface area (Å²) in [5, 5.41) is 8.32. The first kappa shape index (κ1) is 45.6. The monoisotopic (exact) mass is 965 g/mol. The van der Waals surface area contributed by atoms with Crippen molar-refractivity contribution in [3.63, 3.8) is 0 Å². The SMILES string of the molecule is C#CC#CC#CC#CC#C.Cc1cc(-c2cc(-c3ccccc3)c(C)c(-c3ccccc3)c2)c(C)cc1-c1cc[c-]cc1.O=C(O)c1ccccn1.[HH].[HH].[HH].[HH].[HH].[HH].[HH].[HH].[HH].[HH].[HH].[HH].[Ir].c1cncnc1. The van der Waals surface area contributed by atoms with Gasteiger partial charge >= 0.3 is 5.97 Å². The molecule has 59 heavy (non-hydrogen) atoms. The molecule has 0 aliphatic heterocycles. The van der Waals surface area contributed by atoms with Crippen LogP contribution in [0.15, 0.2) is 158 Å². The fraction of sp³-hybridized carbons (Fsp3) is 0.0566. The molecule has 0 unspecified atom stereocenters. The Bertz CT molecular complexity index is 2610. The molecule has 0 bridgehead atoms. The van der Waals surface area contributed by atoms with Crippen LogP contribution in [0.1, 0.15) is 44.3 Å². The maximum absolute atomic E-state index is 10.1. The number of carbonyl (C=O) groups is 1. The zero-order valence-corrected chi connectivity index (χ0v) is 35.1. The van der Waals surface area contributed by atoms with E-state index in [-0.39, 0.29) is 42.9 Å². The Morgan fingerprint density at radius 3 is 1.41 bits per heavy atom. The van der Waals surface area contributed by atoms with Crippen LogP contribution in [0.4, 0.5) is 0 Å². The number of hydrogen-bond donors (Lipinski definition) is 1. The fourth-order valence-electron chi connectivity index (χ4n) is 5.65. The minimum Gasteiger partial charge on any atom is -0.477 e. The molecule has 1 radical (unpaired) electrons. The quantitative estimate of drug-likeness (QED) is 0.137. The van der Waals surface area contributed by atoms with Gasteiger partial charge in [-0.1, -0.05) is 78.9 Å². The number of carboxylic acid groups (broad SMARTS) is 1. The fourth-order valence-corrected chi connectivity index (χ4v) is 5.65. The summed E-state index contributed by atoms with van der Waals surface area (Å²) < 4.78 is 0. The van der Waals surface area contributed by atoms with Crippen LogP contribution in [-0.4, -0.2) is 26.0 Å². The average Bonchev–Trinajstić information content (AvgIpc) is 3.28. The second-order valence-corrected chi connectivity index (χ2v) is 12.2. The van der Waals surface area contributed by atoms with E-state index >= 15 is 0 Å². The van der Waals surface area contributed by atoms with Crippen LogP contribution in [0.5, 0.6) is 0 Å². The molecular weight excluding hydrogens is 903 g/mol. The third-order valence-corrected chi connectivity index (χ3v) is 8.31. The molecule has 0 fully saturated rings. The van der Waals surface area contributed by atoms with Gasteiger partial charge in [0.05, 0.1) is 0 Å². The van der Waals surface area contributed by atoms with Crippen molar-refractivity contribution in [1.29, 1.82) is 0 Å². The maximum atomic E-state index is 10.1. The topological polar surface area (TPSA) is 76.0 Å². The van der Waals surface area contributed by atoms with E-state index in [1.165, 1.54) is 79.8 Å². The Balaban J connectivity index is -0.000000104. The van der Waals surface area contributed by atoms with E-state index in [4.69, 9.17) is 18.0 Å². The number of carboxylic acids is 1. The minimum absolute atomic E-state index is 0. The number of terminal acetylenes is 2. The number of benzene rings is 5. The van der Waals surface area contributed by atoms with E-state index in [1.54, 1.807) is 30.6 Å². The molecule has 5 nitrogen and oxygen atoms in total. The second-order valence-electron chi connectivity index (χ2n) is 12.2. The van der Waals surface area contributed by atoms with Crippen molar-refractivity contribution in [3.05, 3.63) is 187 Å². The molecule has 0 spiro atoms. The third-order valence-electron chi connectivity index (χ3n) is 8.31. The van der Waals surface area contributed by atoms with Gasteiger partial charge in [-0.25, -0.2) is 19.7 Å². The van der Waals surface area contributed by atoms with Crippen molar-refractivity contribution in [2.75, 3.05) is 0 Å². The smallest absolute Gasteiger partial charge is 0.354 e. The Morgan fingerprint density at radius 1 is 0.559 bits per heavy atom. The number of hydrogen-bond acceptors (Lipinski definition) is 4. The Hall–Kier alpha value is -7.75. The van der Waals surface area contributed by atoms with Gasteiger partial charge in [0.1, 0.15) is 12.0 Å². The summed E-state index contributed by atoms with van der Waals surface area (Å²) in [7, 11) is 0. The average molecular weight is 965 g/mol. The molecule has 0 amide bonds. The van der Waals surface area contributed by atoms with Crippen molar-refractivity contribution < 1.29 is 47.1 Å². The molecule has 7 aromatic rings. The molecule has 5 aromatic carbocycles. The number of rotatable bonds is 5. The molecule has 0 atom stereocenters. The van der Waals surface area contributed by atoms with Crippen LogP contribution >= 0.6 is 0 Å². The largest absolute Gasteiger partial charge is 0.477 e. The zero-order valence-electron chi connectivity index (χ0n) is 32.7. The van der Waals surface area contributed by atoms with E-state index < -0.39 is 5.97 Å². The van der Waals surface area contributed by atoms with Gasteiger partial charge in [0, 0.05) is 55.8 Å². The number of pyridine rings is 1. The van der Waals surface area contributed by atoms with Gasteiger partial charge in [-0.2, -0.15) is 30.3 Å². The van der Waals surface area contributed by atoms with Crippen molar-refractivity contribution in [3.8, 4) is 105 Å². The third kappa shape index (κ3) is 14.7. The Kier molecular flexibility index (Phi) is 19.7. The predicted molar refractivity (Wildman–Crippen MR) is 261 cm³/mol. The summed E-state index contributed by atoms with van der Waals surface area (Å²) in [4.78, 5) is 21.1.